The van der Waals surface area contributed by atoms with Crippen molar-refractivity contribution in [3.63, 3.8) is 0 Å². The minimum absolute atomic E-state index is 0.375. The topological polar surface area (TPSA) is 52.3 Å². The summed E-state index contributed by atoms with van der Waals surface area (Å²) in [5, 5.41) is 0.433. The summed E-state index contributed by atoms with van der Waals surface area (Å²) in [4.78, 5) is 11.0. The highest BCUT2D eigenvalue weighted by Gasteiger charge is 2.06. The van der Waals surface area contributed by atoms with Crippen molar-refractivity contribution in [3.05, 3.63) is 28.8 Å². The third kappa shape index (κ3) is 3.26. The van der Waals surface area contributed by atoms with Crippen molar-refractivity contribution in [2.75, 3.05) is 12.8 Å². The van der Waals surface area contributed by atoms with Gasteiger partial charge >= 0.3 is 5.97 Å². The smallest absolute Gasteiger partial charge is 0.337 e. The average Bonchev–Trinajstić information content (AvgIpc) is 2.24. The SMILES string of the molecule is CC.COC(=O)c1ccc(Cl)c(N)c1. The maximum absolute atomic E-state index is 11.0. The van der Waals surface area contributed by atoms with Crippen molar-refractivity contribution in [2.24, 2.45) is 0 Å². The first-order chi connectivity index (χ1) is 6.65. The lowest BCUT2D eigenvalue weighted by molar-refractivity contribution is 0.0601. The second-order valence-corrected chi connectivity index (χ2v) is 2.64. The van der Waals surface area contributed by atoms with Gasteiger partial charge in [-0.15, -0.1) is 0 Å². The summed E-state index contributed by atoms with van der Waals surface area (Å²) in [6, 6.07) is 4.60. The number of halogens is 1. The van der Waals surface area contributed by atoms with E-state index in [0.717, 1.165) is 0 Å². The third-order valence-electron chi connectivity index (χ3n) is 1.42. The number of benzene rings is 1. The van der Waals surface area contributed by atoms with Crippen LogP contribution in [0.15, 0.2) is 18.2 Å². The van der Waals surface area contributed by atoms with Crippen molar-refractivity contribution in [1.29, 1.82) is 0 Å². The molecule has 0 amide bonds. The fourth-order valence-corrected chi connectivity index (χ4v) is 0.906. The zero-order valence-electron chi connectivity index (χ0n) is 8.50. The zero-order valence-corrected chi connectivity index (χ0v) is 9.26. The molecule has 4 heteroatoms. The van der Waals surface area contributed by atoms with Crippen LogP contribution in [0.25, 0.3) is 0 Å². The van der Waals surface area contributed by atoms with Gasteiger partial charge in [0.25, 0.3) is 0 Å². The highest BCUT2D eigenvalue weighted by atomic mass is 35.5. The molecule has 0 spiro atoms. The molecule has 14 heavy (non-hydrogen) atoms. The molecule has 0 saturated carbocycles. The van der Waals surface area contributed by atoms with Crippen molar-refractivity contribution in [2.45, 2.75) is 13.8 Å². The fraction of sp³-hybridized carbons (Fsp3) is 0.300. The van der Waals surface area contributed by atoms with E-state index >= 15 is 0 Å². The minimum atomic E-state index is -0.418. The molecule has 0 atom stereocenters. The molecule has 0 saturated heterocycles. The quantitative estimate of drug-likeness (QED) is 0.579. The number of rotatable bonds is 1. The van der Waals surface area contributed by atoms with E-state index in [0.29, 0.717) is 16.3 Å². The van der Waals surface area contributed by atoms with Crippen LogP contribution in [0.1, 0.15) is 24.2 Å². The zero-order chi connectivity index (χ0) is 11.1. The maximum Gasteiger partial charge on any atom is 0.337 e. The number of hydrogen-bond acceptors (Lipinski definition) is 3. The Labute approximate surface area is 88.8 Å². The van der Waals surface area contributed by atoms with E-state index in [-0.39, 0.29) is 0 Å². The molecule has 0 radical (unpaired) electrons. The molecule has 0 aliphatic heterocycles. The summed E-state index contributed by atoms with van der Waals surface area (Å²) in [7, 11) is 1.31. The average molecular weight is 216 g/mol. The van der Waals surface area contributed by atoms with Crippen LogP contribution in [-0.4, -0.2) is 13.1 Å². The molecule has 0 heterocycles. The van der Waals surface area contributed by atoms with Gasteiger partial charge in [-0.3, -0.25) is 0 Å². The molecule has 1 rings (SSSR count). The molecule has 3 nitrogen and oxygen atoms in total. The van der Waals surface area contributed by atoms with E-state index in [2.05, 4.69) is 4.74 Å². The highest BCUT2D eigenvalue weighted by molar-refractivity contribution is 6.33. The van der Waals surface area contributed by atoms with Crippen LogP contribution in [0.3, 0.4) is 0 Å². The number of methoxy groups -OCH3 is 1. The van der Waals surface area contributed by atoms with Gasteiger partial charge in [-0.2, -0.15) is 0 Å². The largest absolute Gasteiger partial charge is 0.465 e. The molecule has 1 aromatic carbocycles. The van der Waals surface area contributed by atoms with Crippen LogP contribution in [-0.2, 0) is 4.74 Å². The Morgan fingerprint density at radius 1 is 1.43 bits per heavy atom. The molecule has 0 aromatic heterocycles. The number of carbonyl (C=O) groups excluding carboxylic acids is 1. The summed E-state index contributed by atoms with van der Waals surface area (Å²) in [5.74, 6) is -0.418. The first kappa shape index (κ1) is 12.8. The van der Waals surface area contributed by atoms with Gasteiger partial charge in [0.15, 0.2) is 0 Å². The Bertz CT molecular complexity index is 313. The molecule has 2 N–H and O–H groups in total. The molecular weight excluding hydrogens is 202 g/mol. The van der Waals surface area contributed by atoms with Gasteiger partial charge in [0.1, 0.15) is 0 Å². The number of anilines is 1. The van der Waals surface area contributed by atoms with Gasteiger partial charge in [0.2, 0.25) is 0 Å². The van der Waals surface area contributed by atoms with E-state index in [4.69, 9.17) is 17.3 Å². The summed E-state index contributed by atoms with van der Waals surface area (Å²) in [6.07, 6.45) is 0. The number of ether oxygens (including phenoxy) is 1. The second kappa shape index (κ2) is 6.27. The lowest BCUT2D eigenvalue weighted by Gasteiger charge is -2.01. The van der Waals surface area contributed by atoms with Crippen LogP contribution in [0, 0.1) is 0 Å². The molecule has 0 unspecified atom stereocenters. The first-order valence-electron chi connectivity index (χ1n) is 4.28. The van der Waals surface area contributed by atoms with Gasteiger partial charge in [0, 0.05) is 0 Å². The van der Waals surface area contributed by atoms with Crippen molar-refractivity contribution >= 4 is 23.3 Å². The van der Waals surface area contributed by atoms with Gasteiger partial charge in [-0.05, 0) is 18.2 Å². The molecule has 0 aliphatic rings. The predicted molar refractivity (Wildman–Crippen MR) is 58.6 cm³/mol. The number of carbonyl (C=O) groups is 1. The Morgan fingerprint density at radius 2 is 2.00 bits per heavy atom. The Kier molecular flexibility index (Phi) is 5.72. The third-order valence-corrected chi connectivity index (χ3v) is 1.76. The molecule has 0 bridgehead atoms. The summed E-state index contributed by atoms with van der Waals surface area (Å²) in [6.45, 7) is 4.00. The lowest BCUT2D eigenvalue weighted by Crippen LogP contribution is -2.01. The van der Waals surface area contributed by atoms with Crippen molar-refractivity contribution in [3.8, 4) is 0 Å². The number of esters is 1. The summed E-state index contributed by atoms with van der Waals surface area (Å²) < 4.78 is 4.49. The Morgan fingerprint density at radius 3 is 2.43 bits per heavy atom. The van der Waals surface area contributed by atoms with Crippen LogP contribution in [0.2, 0.25) is 5.02 Å². The van der Waals surface area contributed by atoms with Crippen LogP contribution in [0.4, 0.5) is 5.69 Å². The standard InChI is InChI=1S/C8H8ClNO2.C2H6/c1-12-8(11)5-2-3-6(9)7(10)4-5;1-2/h2-4H,10H2,1H3;1-2H3. The first-order valence-corrected chi connectivity index (χ1v) is 4.66. The minimum Gasteiger partial charge on any atom is -0.465 e. The molecule has 0 fully saturated rings. The summed E-state index contributed by atoms with van der Waals surface area (Å²) in [5.41, 5.74) is 6.25. The number of nitrogen functional groups attached to an aromatic ring is 1. The van der Waals surface area contributed by atoms with Gasteiger partial charge in [-0.25, -0.2) is 4.79 Å². The van der Waals surface area contributed by atoms with E-state index in [1.807, 2.05) is 13.8 Å². The monoisotopic (exact) mass is 215 g/mol. The molecular formula is C10H14ClNO2. The molecule has 78 valence electrons. The summed E-state index contributed by atoms with van der Waals surface area (Å²) >= 11 is 5.65. The molecule has 1 aromatic rings. The van der Waals surface area contributed by atoms with Gasteiger partial charge < -0.3 is 10.5 Å². The van der Waals surface area contributed by atoms with Crippen LogP contribution >= 0.6 is 11.6 Å². The van der Waals surface area contributed by atoms with E-state index in [1.165, 1.54) is 13.2 Å². The van der Waals surface area contributed by atoms with E-state index < -0.39 is 5.97 Å². The normalized spacial score (nSPS) is 8.57. The second-order valence-electron chi connectivity index (χ2n) is 2.23. The van der Waals surface area contributed by atoms with E-state index in [1.54, 1.807) is 12.1 Å². The lowest BCUT2D eigenvalue weighted by atomic mass is 10.2. The molecule has 0 aliphatic carbocycles. The number of hydrogen-bond donors (Lipinski definition) is 1. The van der Waals surface area contributed by atoms with Gasteiger partial charge in [-0.1, -0.05) is 25.4 Å². The fourth-order valence-electron chi connectivity index (χ4n) is 0.789. The van der Waals surface area contributed by atoms with E-state index in [9.17, 15) is 4.79 Å². The van der Waals surface area contributed by atoms with Crippen LogP contribution < -0.4 is 5.73 Å². The van der Waals surface area contributed by atoms with Crippen molar-refractivity contribution in [1.82, 2.24) is 0 Å². The van der Waals surface area contributed by atoms with Crippen LogP contribution in [0.5, 0.6) is 0 Å². The Balaban J connectivity index is 0.000000791. The van der Waals surface area contributed by atoms with Gasteiger partial charge in [0.05, 0.1) is 23.4 Å². The predicted octanol–water partition coefficient (Wildman–Crippen LogP) is 2.74. The van der Waals surface area contributed by atoms with Crippen molar-refractivity contribution < 1.29 is 9.53 Å². The highest BCUT2D eigenvalue weighted by Crippen LogP contribution is 2.19. The Hall–Kier alpha value is -1.22. The maximum atomic E-state index is 11.0. The number of nitrogens with two attached hydrogens (primary N) is 1.